The summed E-state index contributed by atoms with van der Waals surface area (Å²) in [5, 5.41) is 0. The third kappa shape index (κ3) is 12.7. The van der Waals surface area contributed by atoms with Crippen LogP contribution >= 0.6 is 0 Å². The molecule has 8 nitrogen and oxygen atoms in total. The molecule has 0 aliphatic rings. The average Bonchev–Trinajstić information content (AvgIpc) is 2.45. The summed E-state index contributed by atoms with van der Waals surface area (Å²) < 4.78 is 30.5. The highest BCUT2D eigenvalue weighted by molar-refractivity contribution is 6.88. The highest BCUT2D eigenvalue weighted by atomic mass is 28.5. The van der Waals surface area contributed by atoms with Crippen LogP contribution in [0, 0.1) is 0 Å². The van der Waals surface area contributed by atoms with Crippen molar-refractivity contribution in [2.45, 2.75) is 92.3 Å². The molecule has 182 valence electrons. The van der Waals surface area contributed by atoms with Gasteiger partial charge in [0.05, 0.1) is 0 Å². The van der Waals surface area contributed by atoms with Crippen molar-refractivity contribution in [1.82, 2.24) is 4.90 Å². The van der Waals surface area contributed by atoms with Gasteiger partial charge < -0.3 is 21.5 Å². The second-order valence-electron chi connectivity index (χ2n) is 10.5. The standard InChI is InChI=1S/C19H43NO7Si4/c1-14-15-20(17(4)23-18(21)16(2)3)19(22)24-31(25-28(5,6)7,26-29(8,9)10)27-30(11,12)13/h17H,2,14-15H2,1,3-13H3. The summed E-state index contributed by atoms with van der Waals surface area (Å²) >= 11 is 0. The van der Waals surface area contributed by atoms with Gasteiger partial charge in [0.25, 0.3) is 0 Å². The van der Waals surface area contributed by atoms with Gasteiger partial charge >= 0.3 is 21.1 Å². The number of ether oxygens (including phenoxy) is 1. The van der Waals surface area contributed by atoms with Crippen molar-refractivity contribution in [2.75, 3.05) is 6.54 Å². The van der Waals surface area contributed by atoms with Crippen LogP contribution in [-0.2, 0) is 26.3 Å². The summed E-state index contributed by atoms with van der Waals surface area (Å²) in [5.41, 5.74) is 0.256. The summed E-state index contributed by atoms with van der Waals surface area (Å²) in [6, 6.07) is 0. The molecule has 1 atom stereocenters. The molecule has 0 aromatic rings. The molecule has 1 amide bonds. The van der Waals surface area contributed by atoms with Gasteiger partial charge in [-0.05, 0) is 79.2 Å². The molecule has 0 radical (unpaired) electrons. The molecule has 0 aromatic carbocycles. The van der Waals surface area contributed by atoms with E-state index in [9.17, 15) is 9.59 Å². The van der Waals surface area contributed by atoms with Crippen LogP contribution in [0.4, 0.5) is 4.79 Å². The van der Waals surface area contributed by atoms with Crippen LogP contribution < -0.4 is 0 Å². The Hall–Kier alpha value is -0.772. The fourth-order valence-electron chi connectivity index (χ4n) is 2.40. The van der Waals surface area contributed by atoms with E-state index in [1.807, 2.05) is 65.8 Å². The molecule has 0 bridgehead atoms. The average molecular weight is 510 g/mol. The minimum absolute atomic E-state index is 0.256. The van der Waals surface area contributed by atoms with E-state index in [0.717, 1.165) is 0 Å². The summed E-state index contributed by atoms with van der Waals surface area (Å²) in [5.74, 6) is -0.569. The zero-order chi connectivity index (χ0) is 24.8. The van der Waals surface area contributed by atoms with Gasteiger partial charge in [-0.25, -0.2) is 9.59 Å². The van der Waals surface area contributed by atoms with Gasteiger partial charge in [-0.2, -0.15) is 0 Å². The normalized spacial score (nSPS) is 14.1. The molecule has 0 rings (SSSR count). The number of carbonyl (C=O) groups excluding carboxylic acids is 2. The van der Waals surface area contributed by atoms with Crippen molar-refractivity contribution in [3.8, 4) is 0 Å². The van der Waals surface area contributed by atoms with Crippen LogP contribution in [0.1, 0.15) is 27.2 Å². The van der Waals surface area contributed by atoms with Crippen LogP contribution in [0.25, 0.3) is 0 Å². The van der Waals surface area contributed by atoms with Crippen LogP contribution in [0.3, 0.4) is 0 Å². The zero-order valence-corrected chi connectivity index (χ0v) is 25.5. The first kappa shape index (κ1) is 30.2. The van der Waals surface area contributed by atoms with E-state index in [1.54, 1.807) is 13.8 Å². The van der Waals surface area contributed by atoms with Gasteiger partial charge in [0.15, 0.2) is 31.2 Å². The molecule has 0 N–H and O–H groups in total. The Kier molecular flexibility index (Phi) is 11.1. The molecule has 0 aromatic heterocycles. The Bertz CT molecular complexity index is 598. The van der Waals surface area contributed by atoms with Crippen molar-refractivity contribution in [3.63, 3.8) is 0 Å². The Balaban J connectivity index is 6.10. The summed E-state index contributed by atoms with van der Waals surface area (Å²) in [6.07, 6.45) is -0.865. The van der Waals surface area contributed by atoms with Gasteiger partial charge in [-0.3, -0.25) is 4.90 Å². The maximum Gasteiger partial charge on any atom is 0.720 e. The molecular formula is C19H43NO7Si4. The van der Waals surface area contributed by atoms with E-state index in [-0.39, 0.29) is 5.57 Å². The van der Waals surface area contributed by atoms with Crippen molar-refractivity contribution < 1.29 is 31.1 Å². The van der Waals surface area contributed by atoms with Crippen molar-refractivity contribution in [2.24, 2.45) is 0 Å². The van der Waals surface area contributed by atoms with Gasteiger partial charge in [-0.1, -0.05) is 13.5 Å². The maximum absolute atomic E-state index is 13.3. The van der Waals surface area contributed by atoms with Crippen LogP contribution in [0.15, 0.2) is 12.2 Å². The minimum Gasteiger partial charge on any atom is -0.438 e. The number of hydrogen-bond donors (Lipinski definition) is 0. The molecule has 0 saturated heterocycles. The first-order chi connectivity index (χ1) is 13.7. The molecule has 31 heavy (non-hydrogen) atoms. The summed E-state index contributed by atoms with van der Waals surface area (Å²) in [7, 11) is -10.5. The lowest BCUT2D eigenvalue weighted by molar-refractivity contribution is -0.150. The molecule has 12 heteroatoms. The molecule has 0 saturated carbocycles. The van der Waals surface area contributed by atoms with E-state index >= 15 is 0 Å². The van der Waals surface area contributed by atoms with Gasteiger partial charge in [0.2, 0.25) is 0 Å². The first-order valence-electron chi connectivity index (χ1n) is 10.7. The molecule has 0 heterocycles. The van der Waals surface area contributed by atoms with Crippen LogP contribution in [-0.4, -0.2) is 63.7 Å². The molecular weight excluding hydrogens is 467 g/mol. The minimum atomic E-state index is -3.83. The Morgan fingerprint density at radius 2 is 1.26 bits per heavy atom. The van der Waals surface area contributed by atoms with E-state index < -0.39 is 52.3 Å². The molecule has 1 unspecified atom stereocenters. The number of esters is 1. The predicted molar refractivity (Wildman–Crippen MR) is 133 cm³/mol. The van der Waals surface area contributed by atoms with Crippen LogP contribution in [0.5, 0.6) is 0 Å². The fourth-order valence-corrected chi connectivity index (χ4v) is 13.9. The largest absolute Gasteiger partial charge is 0.720 e. The van der Waals surface area contributed by atoms with Crippen molar-refractivity contribution in [1.29, 1.82) is 0 Å². The molecule has 0 aliphatic carbocycles. The van der Waals surface area contributed by atoms with Crippen LogP contribution in [0.2, 0.25) is 58.9 Å². The first-order valence-corrected chi connectivity index (χ1v) is 22.5. The molecule has 0 fully saturated rings. The number of rotatable bonds is 12. The Morgan fingerprint density at radius 1 is 0.871 bits per heavy atom. The van der Waals surface area contributed by atoms with E-state index in [0.29, 0.717) is 13.0 Å². The van der Waals surface area contributed by atoms with Gasteiger partial charge in [0, 0.05) is 12.1 Å². The lowest BCUT2D eigenvalue weighted by Crippen LogP contribution is -2.64. The fraction of sp³-hybridized carbons (Fsp3) is 0.789. The smallest absolute Gasteiger partial charge is 0.438 e. The molecule has 0 spiro atoms. The highest BCUT2D eigenvalue weighted by Crippen LogP contribution is 2.27. The van der Waals surface area contributed by atoms with E-state index in [4.69, 9.17) is 21.5 Å². The second-order valence-corrected chi connectivity index (χ2v) is 26.8. The summed E-state index contributed by atoms with van der Waals surface area (Å²) in [6.45, 7) is 27.1. The van der Waals surface area contributed by atoms with Gasteiger partial charge in [0.1, 0.15) is 0 Å². The number of carbonyl (C=O) groups is 2. The SMILES string of the molecule is C=C(C)C(=O)OC(C)N(CCC)C(=O)O[Si](O[Si](C)(C)C)(O[Si](C)(C)C)O[Si](C)(C)C. The third-order valence-electron chi connectivity index (χ3n) is 3.27. The monoisotopic (exact) mass is 509 g/mol. The third-order valence-corrected chi connectivity index (χ3v) is 14.0. The van der Waals surface area contributed by atoms with E-state index in [1.165, 1.54) is 4.90 Å². The summed E-state index contributed by atoms with van der Waals surface area (Å²) in [4.78, 5) is 26.7. The van der Waals surface area contributed by atoms with E-state index in [2.05, 4.69) is 6.58 Å². The van der Waals surface area contributed by atoms with Gasteiger partial charge in [-0.15, -0.1) is 0 Å². The predicted octanol–water partition coefficient (Wildman–Crippen LogP) is 5.29. The quantitative estimate of drug-likeness (QED) is 0.153. The Morgan fingerprint density at radius 3 is 1.55 bits per heavy atom. The number of nitrogens with zero attached hydrogens (tertiary/aromatic N) is 1. The topological polar surface area (TPSA) is 83.5 Å². The lowest BCUT2D eigenvalue weighted by Gasteiger charge is -2.41. The van der Waals surface area contributed by atoms with Crippen molar-refractivity contribution >= 4 is 46.1 Å². The highest BCUT2D eigenvalue weighted by Gasteiger charge is 2.57. The zero-order valence-electron chi connectivity index (χ0n) is 21.5. The number of amides is 1. The Labute approximate surface area is 193 Å². The molecule has 0 aliphatic heterocycles. The second kappa shape index (κ2) is 11.4. The maximum atomic E-state index is 13.3. The van der Waals surface area contributed by atoms with Crippen molar-refractivity contribution in [3.05, 3.63) is 12.2 Å². The number of hydrogen-bond acceptors (Lipinski definition) is 7. The lowest BCUT2D eigenvalue weighted by atomic mass is 10.3.